The summed E-state index contributed by atoms with van der Waals surface area (Å²) in [4.78, 5) is 0. The van der Waals surface area contributed by atoms with Crippen molar-refractivity contribution in [1.29, 1.82) is 0 Å². The van der Waals surface area contributed by atoms with Gasteiger partial charge in [-0.1, -0.05) is 37.1 Å². The lowest BCUT2D eigenvalue weighted by molar-refractivity contribution is 0.159. The maximum atomic E-state index is 9.56. The number of nitrogens with two attached hydrogens (primary N) is 1. The molecular formula is C15H25NO. The van der Waals surface area contributed by atoms with Crippen LogP contribution in [-0.4, -0.2) is 17.3 Å². The van der Waals surface area contributed by atoms with E-state index in [0.717, 1.165) is 38.5 Å². The molecular weight excluding hydrogens is 210 g/mol. The molecule has 0 fully saturated rings. The standard InChI is InChI=1S/C15H25NO/c1-15(2,11-3-7-13(16)8-4-11)12-5-9-14(17)10-6-12/h3,5,13-14,17H,4,6-10,16H2,1-2H3. The van der Waals surface area contributed by atoms with E-state index >= 15 is 0 Å². The van der Waals surface area contributed by atoms with Gasteiger partial charge in [-0.05, 0) is 38.5 Å². The Hall–Kier alpha value is -0.600. The van der Waals surface area contributed by atoms with E-state index in [2.05, 4.69) is 26.0 Å². The highest BCUT2D eigenvalue weighted by Crippen LogP contribution is 2.43. The van der Waals surface area contributed by atoms with Crippen LogP contribution in [0.2, 0.25) is 0 Å². The van der Waals surface area contributed by atoms with Crippen molar-refractivity contribution < 1.29 is 5.11 Å². The lowest BCUT2D eigenvalue weighted by Gasteiger charge is -2.36. The predicted molar refractivity (Wildman–Crippen MR) is 71.6 cm³/mol. The van der Waals surface area contributed by atoms with E-state index in [1.165, 1.54) is 5.57 Å². The van der Waals surface area contributed by atoms with Crippen LogP contribution in [0.25, 0.3) is 0 Å². The molecule has 0 heterocycles. The fourth-order valence-corrected chi connectivity index (χ4v) is 3.02. The molecule has 0 aromatic heterocycles. The largest absolute Gasteiger partial charge is 0.393 e. The predicted octanol–water partition coefficient (Wildman–Crippen LogP) is 2.92. The first-order valence-corrected chi connectivity index (χ1v) is 6.83. The maximum Gasteiger partial charge on any atom is 0.0577 e. The van der Waals surface area contributed by atoms with Gasteiger partial charge in [-0.3, -0.25) is 0 Å². The molecule has 0 bridgehead atoms. The van der Waals surface area contributed by atoms with Crippen LogP contribution in [0.1, 0.15) is 52.4 Å². The van der Waals surface area contributed by atoms with E-state index in [1.54, 1.807) is 5.57 Å². The van der Waals surface area contributed by atoms with E-state index in [-0.39, 0.29) is 11.5 Å². The van der Waals surface area contributed by atoms with Gasteiger partial charge in [0.2, 0.25) is 0 Å². The Balaban J connectivity index is 2.13. The van der Waals surface area contributed by atoms with Crippen LogP contribution in [0.5, 0.6) is 0 Å². The maximum absolute atomic E-state index is 9.56. The fourth-order valence-electron chi connectivity index (χ4n) is 3.02. The molecule has 3 N–H and O–H groups in total. The first-order valence-electron chi connectivity index (χ1n) is 6.83. The van der Waals surface area contributed by atoms with Crippen molar-refractivity contribution in [3.05, 3.63) is 23.3 Å². The van der Waals surface area contributed by atoms with Crippen molar-refractivity contribution in [1.82, 2.24) is 0 Å². The molecule has 2 unspecified atom stereocenters. The first kappa shape index (κ1) is 12.8. The number of rotatable bonds is 2. The van der Waals surface area contributed by atoms with Gasteiger partial charge in [0.1, 0.15) is 0 Å². The van der Waals surface area contributed by atoms with E-state index < -0.39 is 0 Å². The molecule has 0 spiro atoms. The van der Waals surface area contributed by atoms with Gasteiger partial charge in [-0.2, -0.15) is 0 Å². The summed E-state index contributed by atoms with van der Waals surface area (Å²) >= 11 is 0. The third kappa shape index (κ3) is 2.80. The molecule has 2 aliphatic rings. The molecule has 2 rings (SSSR count). The molecule has 96 valence electrons. The minimum atomic E-state index is -0.122. The normalized spacial score (nSPS) is 30.8. The molecule has 2 nitrogen and oxygen atoms in total. The first-order chi connectivity index (χ1) is 8.00. The Morgan fingerprint density at radius 3 is 2.18 bits per heavy atom. The van der Waals surface area contributed by atoms with Crippen LogP contribution in [0.3, 0.4) is 0 Å². The van der Waals surface area contributed by atoms with Crippen LogP contribution in [0.15, 0.2) is 23.3 Å². The van der Waals surface area contributed by atoms with Gasteiger partial charge in [0, 0.05) is 11.5 Å². The monoisotopic (exact) mass is 235 g/mol. The van der Waals surface area contributed by atoms with Crippen molar-refractivity contribution in [2.24, 2.45) is 11.1 Å². The molecule has 0 aromatic carbocycles. The quantitative estimate of drug-likeness (QED) is 0.723. The van der Waals surface area contributed by atoms with Crippen LogP contribution < -0.4 is 5.73 Å². The minimum absolute atomic E-state index is 0.122. The van der Waals surface area contributed by atoms with Crippen molar-refractivity contribution >= 4 is 0 Å². The SMILES string of the molecule is CC(C)(C1=CCC(N)CC1)C1=CCC(O)CC1. The van der Waals surface area contributed by atoms with Gasteiger partial charge in [-0.15, -0.1) is 0 Å². The Morgan fingerprint density at radius 1 is 1.12 bits per heavy atom. The topological polar surface area (TPSA) is 46.2 Å². The van der Waals surface area contributed by atoms with Gasteiger partial charge >= 0.3 is 0 Å². The molecule has 0 aliphatic heterocycles. The van der Waals surface area contributed by atoms with Crippen LogP contribution in [0.4, 0.5) is 0 Å². The second-order valence-electron chi connectivity index (χ2n) is 6.05. The van der Waals surface area contributed by atoms with Gasteiger partial charge in [0.25, 0.3) is 0 Å². The summed E-state index contributed by atoms with van der Waals surface area (Å²) in [5.74, 6) is 0. The average molecular weight is 235 g/mol. The zero-order chi connectivity index (χ0) is 12.5. The molecule has 2 heteroatoms. The highest BCUT2D eigenvalue weighted by molar-refractivity contribution is 5.30. The van der Waals surface area contributed by atoms with Crippen molar-refractivity contribution in [2.75, 3.05) is 0 Å². The summed E-state index contributed by atoms with van der Waals surface area (Å²) in [6.07, 6.45) is 10.5. The molecule has 0 saturated heterocycles. The molecule has 2 aliphatic carbocycles. The number of aliphatic hydroxyl groups excluding tert-OH is 1. The third-order valence-corrected chi connectivity index (χ3v) is 4.44. The zero-order valence-electron chi connectivity index (χ0n) is 11.1. The lowest BCUT2D eigenvalue weighted by Crippen LogP contribution is -2.28. The smallest absolute Gasteiger partial charge is 0.0577 e. The number of hydrogen-bond donors (Lipinski definition) is 2. The summed E-state index contributed by atoms with van der Waals surface area (Å²) in [6, 6.07) is 0.358. The fraction of sp³-hybridized carbons (Fsp3) is 0.733. The van der Waals surface area contributed by atoms with E-state index in [0.29, 0.717) is 6.04 Å². The Bertz CT molecular complexity index is 309. The van der Waals surface area contributed by atoms with Crippen LogP contribution in [0, 0.1) is 5.41 Å². The van der Waals surface area contributed by atoms with E-state index in [1.807, 2.05) is 0 Å². The molecule has 0 aromatic rings. The molecule has 0 amide bonds. The van der Waals surface area contributed by atoms with Gasteiger partial charge < -0.3 is 10.8 Å². The summed E-state index contributed by atoms with van der Waals surface area (Å²) in [5, 5.41) is 9.56. The van der Waals surface area contributed by atoms with Crippen molar-refractivity contribution in [3.8, 4) is 0 Å². The van der Waals surface area contributed by atoms with Crippen molar-refractivity contribution in [3.63, 3.8) is 0 Å². The average Bonchev–Trinajstić information content (AvgIpc) is 2.30. The van der Waals surface area contributed by atoms with Crippen molar-refractivity contribution in [2.45, 2.75) is 64.5 Å². The lowest BCUT2D eigenvalue weighted by atomic mass is 9.70. The third-order valence-electron chi connectivity index (χ3n) is 4.44. The van der Waals surface area contributed by atoms with E-state index in [4.69, 9.17) is 5.73 Å². The second kappa shape index (κ2) is 4.95. The Morgan fingerprint density at radius 2 is 1.71 bits per heavy atom. The van der Waals surface area contributed by atoms with Gasteiger partial charge in [0.15, 0.2) is 0 Å². The van der Waals surface area contributed by atoms with Gasteiger partial charge in [-0.25, -0.2) is 0 Å². The summed E-state index contributed by atoms with van der Waals surface area (Å²) in [6.45, 7) is 4.64. The number of aliphatic hydroxyl groups is 1. The summed E-state index contributed by atoms with van der Waals surface area (Å²) in [5.41, 5.74) is 9.16. The second-order valence-corrected chi connectivity index (χ2v) is 6.05. The van der Waals surface area contributed by atoms with Gasteiger partial charge in [0.05, 0.1) is 6.10 Å². The summed E-state index contributed by atoms with van der Waals surface area (Å²) < 4.78 is 0. The molecule has 0 saturated carbocycles. The minimum Gasteiger partial charge on any atom is -0.393 e. The number of hydrogen-bond acceptors (Lipinski definition) is 2. The van der Waals surface area contributed by atoms with Crippen LogP contribution in [-0.2, 0) is 0 Å². The number of allylic oxidation sites excluding steroid dienone is 2. The molecule has 0 radical (unpaired) electrons. The summed E-state index contributed by atoms with van der Waals surface area (Å²) in [7, 11) is 0. The molecule has 2 atom stereocenters. The Labute approximate surface area is 105 Å². The molecule has 17 heavy (non-hydrogen) atoms. The van der Waals surface area contributed by atoms with Crippen LogP contribution >= 0.6 is 0 Å². The zero-order valence-corrected chi connectivity index (χ0v) is 11.1. The Kier molecular flexibility index (Phi) is 3.74. The van der Waals surface area contributed by atoms with E-state index in [9.17, 15) is 5.11 Å². The highest BCUT2D eigenvalue weighted by Gasteiger charge is 2.30. The highest BCUT2D eigenvalue weighted by atomic mass is 16.3.